The molecule has 0 radical (unpaired) electrons. The maximum absolute atomic E-state index is 5.32. The molecule has 7 heteroatoms. The number of ether oxygens (including phenoxy) is 1. The standard InChI is InChI=1S/C11H19N3O2S2/c1-12-8(6-15-2)5-10-13-11(14-16-10)9-7-17-3-4-18-9/h8-9,12H,3-7H2,1-2H3. The molecule has 0 aromatic carbocycles. The van der Waals surface area contributed by atoms with E-state index >= 15 is 0 Å². The second kappa shape index (κ2) is 7.37. The number of thioether (sulfide) groups is 2. The third kappa shape index (κ3) is 3.88. The van der Waals surface area contributed by atoms with Gasteiger partial charge in [-0.05, 0) is 7.05 Å². The highest BCUT2D eigenvalue weighted by Gasteiger charge is 2.22. The summed E-state index contributed by atoms with van der Waals surface area (Å²) in [7, 11) is 3.61. The monoisotopic (exact) mass is 289 g/mol. The van der Waals surface area contributed by atoms with Crippen LogP contribution in [0.3, 0.4) is 0 Å². The highest BCUT2D eigenvalue weighted by atomic mass is 32.2. The summed E-state index contributed by atoms with van der Waals surface area (Å²) in [4.78, 5) is 4.50. The molecule has 1 aromatic rings. The Kier molecular flexibility index (Phi) is 5.81. The van der Waals surface area contributed by atoms with E-state index in [1.54, 1.807) is 7.11 Å². The molecular weight excluding hydrogens is 270 g/mol. The molecule has 2 rings (SSSR count). The maximum atomic E-state index is 5.32. The minimum atomic E-state index is 0.219. The van der Waals surface area contributed by atoms with Gasteiger partial charge in [-0.1, -0.05) is 5.16 Å². The van der Waals surface area contributed by atoms with E-state index in [2.05, 4.69) is 15.5 Å². The van der Waals surface area contributed by atoms with Crippen LogP contribution in [-0.2, 0) is 11.2 Å². The number of nitrogens with one attached hydrogen (secondary N) is 1. The Morgan fingerprint density at radius 3 is 3.11 bits per heavy atom. The van der Waals surface area contributed by atoms with E-state index in [1.165, 1.54) is 11.5 Å². The van der Waals surface area contributed by atoms with Crippen LogP contribution in [0.15, 0.2) is 4.52 Å². The van der Waals surface area contributed by atoms with Crippen LogP contribution in [0.4, 0.5) is 0 Å². The van der Waals surface area contributed by atoms with Gasteiger partial charge in [-0.2, -0.15) is 16.7 Å². The van der Waals surface area contributed by atoms with Crippen molar-refractivity contribution in [1.29, 1.82) is 0 Å². The Bertz CT molecular complexity index is 356. The van der Waals surface area contributed by atoms with Gasteiger partial charge in [0.15, 0.2) is 5.82 Å². The fourth-order valence-corrected chi connectivity index (χ4v) is 4.36. The number of hydrogen-bond acceptors (Lipinski definition) is 7. The van der Waals surface area contributed by atoms with Crippen molar-refractivity contribution in [3.05, 3.63) is 11.7 Å². The normalized spacial score (nSPS) is 22.0. The second-order valence-corrected chi connectivity index (χ2v) is 6.59. The van der Waals surface area contributed by atoms with Crippen molar-refractivity contribution < 1.29 is 9.26 Å². The van der Waals surface area contributed by atoms with Crippen LogP contribution in [-0.4, -0.2) is 54.2 Å². The van der Waals surface area contributed by atoms with E-state index in [9.17, 15) is 0 Å². The molecule has 102 valence electrons. The molecule has 2 atom stereocenters. The molecule has 0 amide bonds. The molecule has 1 aromatic heterocycles. The topological polar surface area (TPSA) is 60.2 Å². The van der Waals surface area contributed by atoms with Gasteiger partial charge in [-0.15, -0.1) is 11.8 Å². The van der Waals surface area contributed by atoms with Gasteiger partial charge in [0, 0.05) is 36.8 Å². The Morgan fingerprint density at radius 2 is 2.44 bits per heavy atom. The van der Waals surface area contributed by atoms with Crippen LogP contribution >= 0.6 is 23.5 Å². The van der Waals surface area contributed by atoms with Crippen molar-refractivity contribution in [2.24, 2.45) is 0 Å². The summed E-state index contributed by atoms with van der Waals surface area (Å²) in [6.07, 6.45) is 0.710. The number of nitrogens with zero attached hydrogens (tertiary/aromatic N) is 2. The lowest BCUT2D eigenvalue weighted by Crippen LogP contribution is -2.32. The summed E-state index contributed by atoms with van der Waals surface area (Å²) in [5.74, 6) is 5.01. The van der Waals surface area contributed by atoms with E-state index in [4.69, 9.17) is 9.26 Å². The molecule has 0 aliphatic carbocycles. The lowest BCUT2D eigenvalue weighted by atomic mass is 10.2. The van der Waals surface area contributed by atoms with Crippen LogP contribution in [0.2, 0.25) is 0 Å². The number of aromatic nitrogens is 2. The number of methoxy groups -OCH3 is 1. The molecule has 2 heterocycles. The lowest BCUT2D eigenvalue weighted by molar-refractivity contribution is 0.165. The molecule has 5 nitrogen and oxygen atoms in total. The van der Waals surface area contributed by atoms with Gasteiger partial charge in [0.25, 0.3) is 0 Å². The van der Waals surface area contributed by atoms with Crippen LogP contribution < -0.4 is 5.32 Å². The summed E-state index contributed by atoms with van der Waals surface area (Å²) in [6, 6.07) is 0.219. The van der Waals surface area contributed by atoms with Gasteiger partial charge in [0.2, 0.25) is 5.89 Å². The number of rotatable bonds is 6. The van der Waals surface area contributed by atoms with Crippen LogP contribution in [0.25, 0.3) is 0 Å². The molecule has 0 saturated carbocycles. The molecule has 2 unspecified atom stereocenters. The number of likely N-dealkylation sites (N-methyl/N-ethyl adjacent to an activating group) is 1. The van der Waals surface area contributed by atoms with Gasteiger partial charge in [-0.25, -0.2) is 0 Å². The summed E-state index contributed by atoms with van der Waals surface area (Å²) in [5.41, 5.74) is 0. The fourth-order valence-electron chi connectivity index (χ4n) is 1.77. The minimum absolute atomic E-state index is 0.219. The first-order valence-electron chi connectivity index (χ1n) is 6.01. The minimum Gasteiger partial charge on any atom is -0.383 e. The summed E-state index contributed by atoms with van der Waals surface area (Å²) >= 11 is 3.88. The lowest BCUT2D eigenvalue weighted by Gasteiger charge is -2.17. The summed E-state index contributed by atoms with van der Waals surface area (Å²) in [5, 5.41) is 7.66. The predicted molar refractivity (Wildman–Crippen MR) is 75.2 cm³/mol. The average molecular weight is 289 g/mol. The zero-order chi connectivity index (χ0) is 12.8. The second-order valence-electron chi connectivity index (χ2n) is 4.13. The van der Waals surface area contributed by atoms with Gasteiger partial charge in [0.05, 0.1) is 11.9 Å². The van der Waals surface area contributed by atoms with Gasteiger partial charge >= 0.3 is 0 Å². The first-order valence-corrected chi connectivity index (χ1v) is 8.22. The molecule has 1 aliphatic rings. The third-order valence-electron chi connectivity index (χ3n) is 2.78. The zero-order valence-corrected chi connectivity index (χ0v) is 12.4. The molecule has 1 fully saturated rings. The van der Waals surface area contributed by atoms with E-state index in [0.29, 0.717) is 24.2 Å². The SMILES string of the molecule is CNC(COC)Cc1nc(C2CSCCS2)no1. The van der Waals surface area contributed by atoms with E-state index < -0.39 is 0 Å². The Labute approximate surface area is 116 Å². The van der Waals surface area contributed by atoms with Crippen LogP contribution in [0, 0.1) is 0 Å². The molecule has 1 aliphatic heterocycles. The Morgan fingerprint density at radius 1 is 1.56 bits per heavy atom. The van der Waals surface area contributed by atoms with Crippen molar-refractivity contribution >= 4 is 23.5 Å². The summed E-state index contributed by atoms with van der Waals surface area (Å²) < 4.78 is 10.4. The molecular formula is C11H19N3O2S2. The Hall–Kier alpha value is -0.240. The molecule has 1 saturated heterocycles. The number of hydrogen-bond donors (Lipinski definition) is 1. The first kappa shape index (κ1) is 14.2. The highest BCUT2D eigenvalue weighted by Crippen LogP contribution is 2.35. The molecule has 18 heavy (non-hydrogen) atoms. The largest absolute Gasteiger partial charge is 0.383 e. The van der Waals surface area contributed by atoms with Crippen molar-refractivity contribution in [2.45, 2.75) is 17.7 Å². The van der Waals surface area contributed by atoms with E-state index in [-0.39, 0.29) is 6.04 Å². The third-order valence-corrected chi connectivity index (χ3v) is 5.54. The zero-order valence-electron chi connectivity index (χ0n) is 10.7. The van der Waals surface area contributed by atoms with Crippen molar-refractivity contribution in [2.75, 3.05) is 38.0 Å². The van der Waals surface area contributed by atoms with Gasteiger partial charge in [-0.3, -0.25) is 0 Å². The van der Waals surface area contributed by atoms with Crippen molar-refractivity contribution in [3.63, 3.8) is 0 Å². The van der Waals surface area contributed by atoms with Crippen molar-refractivity contribution in [3.8, 4) is 0 Å². The quantitative estimate of drug-likeness (QED) is 0.848. The van der Waals surface area contributed by atoms with Crippen LogP contribution in [0.5, 0.6) is 0 Å². The fraction of sp³-hybridized carbons (Fsp3) is 0.818. The summed E-state index contributed by atoms with van der Waals surface area (Å²) in [6.45, 7) is 0.641. The average Bonchev–Trinajstić information content (AvgIpc) is 2.88. The van der Waals surface area contributed by atoms with E-state index in [0.717, 1.165) is 11.6 Å². The molecule has 1 N–H and O–H groups in total. The predicted octanol–water partition coefficient (Wildman–Crippen LogP) is 1.37. The van der Waals surface area contributed by atoms with Gasteiger partial charge < -0.3 is 14.6 Å². The smallest absolute Gasteiger partial charge is 0.228 e. The first-order chi connectivity index (χ1) is 8.83. The van der Waals surface area contributed by atoms with Crippen molar-refractivity contribution in [1.82, 2.24) is 15.5 Å². The Balaban J connectivity index is 1.92. The maximum Gasteiger partial charge on any atom is 0.228 e. The van der Waals surface area contributed by atoms with Gasteiger partial charge in [0.1, 0.15) is 0 Å². The van der Waals surface area contributed by atoms with E-state index in [1.807, 2.05) is 30.6 Å². The van der Waals surface area contributed by atoms with Crippen LogP contribution in [0.1, 0.15) is 17.0 Å². The molecule has 0 bridgehead atoms. The highest BCUT2D eigenvalue weighted by molar-refractivity contribution is 8.06. The molecule has 0 spiro atoms.